The molecule has 0 saturated heterocycles. The zero-order valence-electron chi connectivity index (χ0n) is 8.57. The summed E-state index contributed by atoms with van der Waals surface area (Å²) in [5, 5.41) is 0. The Hall–Kier alpha value is -1.69. The van der Waals surface area contributed by atoms with E-state index in [-0.39, 0.29) is 6.04 Å². The molecule has 0 spiro atoms. The molecule has 15 heavy (non-hydrogen) atoms. The summed E-state index contributed by atoms with van der Waals surface area (Å²) in [5.74, 6) is 1.13. The maximum absolute atomic E-state index is 5.94. The molecule has 80 valence electrons. The van der Waals surface area contributed by atoms with Crippen LogP contribution in [0.4, 0.5) is 5.82 Å². The lowest BCUT2D eigenvalue weighted by atomic mass is 10.2. The van der Waals surface area contributed by atoms with Gasteiger partial charge < -0.3 is 16.5 Å². The highest BCUT2D eigenvalue weighted by atomic mass is 15.1. The Balaban J connectivity index is 2.43. The fourth-order valence-corrected chi connectivity index (χ4v) is 1.49. The second-order valence-electron chi connectivity index (χ2n) is 3.47. The third-order valence-electron chi connectivity index (χ3n) is 2.29. The molecule has 6 heteroatoms. The van der Waals surface area contributed by atoms with Crippen LogP contribution in [0.15, 0.2) is 6.33 Å². The second kappa shape index (κ2) is 3.82. The SMILES string of the molecule is CCCC(N)c1nc2ncnc(N)c2[nH]1. The molecular formula is C9H14N6. The van der Waals surface area contributed by atoms with Crippen molar-refractivity contribution < 1.29 is 0 Å². The van der Waals surface area contributed by atoms with Crippen LogP contribution in [0.2, 0.25) is 0 Å². The van der Waals surface area contributed by atoms with Crippen LogP contribution in [0, 0.1) is 0 Å². The minimum Gasteiger partial charge on any atom is -0.382 e. The monoisotopic (exact) mass is 206 g/mol. The number of anilines is 1. The van der Waals surface area contributed by atoms with Crippen molar-refractivity contribution in [3.63, 3.8) is 0 Å². The van der Waals surface area contributed by atoms with E-state index in [1.54, 1.807) is 0 Å². The van der Waals surface area contributed by atoms with Gasteiger partial charge in [0.2, 0.25) is 0 Å². The van der Waals surface area contributed by atoms with Gasteiger partial charge in [0, 0.05) is 0 Å². The van der Waals surface area contributed by atoms with Gasteiger partial charge in [-0.15, -0.1) is 0 Å². The lowest BCUT2D eigenvalue weighted by Gasteiger charge is -2.04. The number of H-pyrrole nitrogens is 1. The zero-order chi connectivity index (χ0) is 10.8. The number of nitrogens with one attached hydrogen (secondary N) is 1. The third-order valence-corrected chi connectivity index (χ3v) is 2.29. The summed E-state index contributed by atoms with van der Waals surface area (Å²) >= 11 is 0. The molecule has 0 aliphatic heterocycles. The topological polar surface area (TPSA) is 106 Å². The molecule has 0 radical (unpaired) electrons. The van der Waals surface area contributed by atoms with Crippen LogP contribution < -0.4 is 11.5 Å². The number of aromatic nitrogens is 4. The van der Waals surface area contributed by atoms with Gasteiger partial charge in [-0.2, -0.15) is 0 Å². The molecule has 0 fully saturated rings. The molecule has 0 bridgehead atoms. The lowest BCUT2D eigenvalue weighted by molar-refractivity contribution is 0.610. The van der Waals surface area contributed by atoms with Gasteiger partial charge in [-0.05, 0) is 6.42 Å². The van der Waals surface area contributed by atoms with Crippen LogP contribution in [-0.2, 0) is 0 Å². The van der Waals surface area contributed by atoms with Gasteiger partial charge in [0.05, 0.1) is 6.04 Å². The molecule has 1 atom stereocenters. The van der Waals surface area contributed by atoms with E-state index >= 15 is 0 Å². The van der Waals surface area contributed by atoms with Crippen LogP contribution in [-0.4, -0.2) is 19.9 Å². The largest absolute Gasteiger partial charge is 0.382 e. The van der Waals surface area contributed by atoms with E-state index < -0.39 is 0 Å². The fourth-order valence-electron chi connectivity index (χ4n) is 1.49. The number of aromatic amines is 1. The number of nitrogen functional groups attached to an aromatic ring is 1. The molecule has 2 heterocycles. The first kappa shape index (κ1) is 9.85. The lowest BCUT2D eigenvalue weighted by Crippen LogP contribution is -2.11. The van der Waals surface area contributed by atoms with E-state index in [1.807, 2.05) is 0 Å². The third kappa shape index (κ3) is 1.75. The molecule has 0 aromatic carbocycles. The number of hydrogen-bond donors (Lipinski definition) is 3. The van der Waals surface area contributed by atoms with Crippen LogP contribution in [0.25, 0.3) is 11.2 Å². The number of rotatable bonds is 3. The van der Waals surface area contributed by atoms with E-state index in [0.717, 1.165) is 18.7 Å². The summed E-state index contributed by atoms with van der Waals surface area (Å²) in [6.07, 6.45) is 3.29. The summed E-state index contributed by atoms with van der Waals surface area (Å²) in [6.45, 7) is 2.08. The summed E-state index contributed by atoms with van der Waals surface area (Å²) in [6, 6.07) is -0.0939. The van der Waals surface area contributed by atoms with Crippen LogP contribution >= 0.6 is 0 Å². The predicted octanol–water partition coefficient (Wildman–Crippen LogP) is 0.735. The Kier molecular flexibility index (Phi) is 2.51. The predicted molar refractivity (Wildman–Crippen MR) is 57.9 cm³/mol. The van der Waals surface area contributed by atoms with Crippen molar-refractivity contribution in [2.75, 3.05) is 5.73 Å². The minimum absolute atomic E-state index is 0.0939. The van der Waals surface area contributed by atoms with Crippen LogP contribution in [0.1, 0.15) is 31.6 Å². The van der Waals surface area contributed by atoms with Gasteiger partial charge in [0.15, 0.2) is 11.5 Å². The maximum atomic E-state index is 5.94. The molecule has 2 aromatic heterocycles. The number of nitrogens with two attached hydrogens (primary N) is 2. The number of fused-ring (bicyclic) bond motifs is 1. The van der Waals surface area contributed by atoms with Gasteiger partial charge in [-0.3, -0.25) is 0 Å². The Labute approximate surface area is 87.1 Å². The Morgan fingerprint density at radius 1 is 1.47 bits per heavy atom. The van der Waals surface area contributed by atoms with E-state index in [0.29, 0.717) is 17.0 Å². The highest BCUT2D eigenvalue weighted by molar-refractivity contribution is 5.81. The molecule has 2 aromatic rings. The Morgan fingerprint density at radius 2 is 2.27 bits per heavy atom. The summed E-state index contributed by atoms with van der Waals surface area (Å²) in [5.41, 5.74) is 12.9. The normalized spacial score (nSPS) is 13.2. The van der Waals surface area contributed by atoms with Crippen molar-refractivity contribution in [3.05, 3.63) is 12.2 Å². The van der Waals surface area contributed by atoms with E-state index in [9.17, 15) is 0 Å². The molecule has 0 aliphatic carbocycles. The molecule has 2 rings (SSSR count). The van der Waals surface area contributed by atoms with Gasteiger partial charge >= 0.3 is 0 Å². The summed E-state index contributed by atoms with van der Waals surface area (Å²) in [4.78, 5) is 15.2. The van der Waals surface area contributed by atoms with E-state index in [1.165, 1.54) is 6.33 Å². The highest BCUT2D eigenvalue weighted by Gasteiger charge is 2.12. The van der Waals surface area contributed by atoms with Crippen molar-refractivity contribution >= 4 is 17.0 Å². The van der Waals surface area contributed by atoms with Gasteiger partial charge in [-0.25, -0.2) is 15.0 Å². The zero-order valence-corrected chi connectivity index (χ0v) is 8.57. The second-order valence-corrected chi connectivity index (χ2v) is 3.47. The molecule has 1 unspecified atom stereocenters. The average molecular weight is 206 g/mol. The van der Waals surface area contributed by atoms with E-state index in [4.69, 9.17) is 11.5 Å². The van der Waals surface area contributed by atoms with Crippen molar-refractivity contribution in [2.24, 2.45) is 5.73 Å². The molecule has 0 amide bonds. The number of imidazole rings is 1. The average Bonchev–Trinajstić information content (AvgIpc) is 2.63. The van der Waals surface area contributed by atoms with Crippen molar-refractivity contribution in [1.29, 1.82) is 0 Å². The standard InChI is InChI=1S/C9H14N6/c1-2-3-5(10)8-14-6-7(11)12-4-13-9(6)15-8/h4-5H,2-3,10H2,1H3,(H3,11,12,13,14,15). The molecule has 6 nitrogen and oxygen atoms in total. The van der Waals surface area contributed by atoms with Gasteiger partial charge in [-0.1, -0.05) is 13.3 Å². The van der Waals surface area contributed by atoms with Crippen molar-refractivity contribution in [2.45, 2.75) is 25.8 Å². The molecule has 0 aliphatic rings. The summed E-state index contributed by atoms with van der Waals surface area (Å²) < 4.78 is 0. The van der Waals surface area contributed by atoms with Crippen molar-refractivity contribution in [1.82, 2.24) is 19.9 Å². The highest BCUT2D eigenvalue weighted by Crippen LogP contribution is 2.18. The van der Waals surface area contributed by atoms with Gasteiger partial charge in [0.1, 0.15) is 17.7 Å². The maximum Gasteiger partial charge on any atom is 0.183 e. The molecule has 5 N–H and O–H groups in total. The van der Waals surface area contributed by atoms with E-state index in [2.05, 4.69) is 26.9 Å². The molecular weight excluding hydrogens is 192 g/mol. The Bertz CT molecular complexity index is 463. The fraction of sp³-hybridized carbons (Fsp3) is 0.444. The Morgan fingerprint density at radius 3 is 2.93 bits per heavy atom. The summed E-state index contributed by atoms with van der Waals surface area (Å²) in [7, 11) is 0. The first-order chi connectivity index (χ1) is 7.22. The number of nitrogens with zero attached hydrogens (tertiary/aromatic N) is 3. The quantitative estimate of drug-likeness (QED) is 0.686. The van der Waals surface area contributed by atoms with Crippen LogP contribution in [0.3, 0.4) is 0 Å². The minimum atomic E-state index is -0.0939. The van der Waals surface area contributed by atoms with Crippen LogP contribution in [0.5, 0.6) is 0 Å². The first-order valence-corrected chi connectivity index (χ1v) is 4.94. The van der Waals surface area contributed by atoms with Crippen molar-refractivity contribution in [3.8, 4) is 0 Å². The first-order valence-electron chi connectivity index (χ1n) is 4.94. The number of hydrogen-bond acceptors (Lipinski definition) is 5. The smallest absolute Gasteiger partial charge is 0.183 e. The van der Waals surface area contributed by atoms with Gasteiger partial charge in [0.25, 0.3) is 0 Å². The molecule has 0 saturated carbocycles.